The average molecular weight is 848 g/mol. The number of benzene rings is 4. The average Bonchev–Trinajstić information content (AvgIpc) is 3.23. The fraction of sp³-hybridized carbons (Fsp3) is 0.442. The zero-order chi connectivity index (χ0) is 42.1. The zero-order valence-corrected chi connectivity index (χ0v) is 33.9. The molecule has 8 N–H and O–H groups in total. The van der Waals surface area contributed by atoms with Gasteiger partial charge in [0, 0.05) is 22.7 Å². The van der Waals surface area contributed by atoms with E-state index < -0.39 is 73.9 Å². The summed E-state index contributed by atoms with van der Waals surface area (Å²) < 4.78 is 27.8. The van der Waals surface area contributed by atoms with Crippen LogP contribution in [0.15, 0.2) is 84.9 Å². The Morgan fingerprint density at radius 1 is 0.603 bits per heavy atom. The molecule has 2 heterocycles. The first-order chi connectivity index (χ1) is 27.8. The minimum atomic E-state index is -1.77. The third kappa shape index (κ3) is 10.3. The van der Waals surface area contributed by atoms with Crippen molar-refractivity contribution >= 4 is 23.2 Å². The molecule has 316 valence electrons. The third-order valence-electron chi connectivity index (χ3n) is 10.2. The number of hydrogen-bond acceptors (Lipinski definition) is 13. The van der Waals surface area contributed by atoms with Gasteiger partial charge in [0.2, 0.25) is 5.79 Å². The van der Waals surface area contributed by atoms with Crippen molar-refractivity contribution in [3.63, 3.8) is 0 Å². The van der Waals surface area contributed by atoms with Gasteiger partial charge in [-0.05, 0) is 97.0 Å². The second-order valence-electron chi connectivity index (χ2n) is 14.1. The van der Waals surface area contributed by atoms with Crippen LogP contribution in [0.3, 0.4) is 0 Å². The van der Waals surface area contributed by atoms with Crippen LogP contribution < -0.4 is 9.47 Å². The molecule has 15 heteroatoms. The number of rotatable bonds is 13. The van der Waals surface area contributed by atoms with Crippen LogP contribution in [-0.4, -0.2) is 123 Å². The smallest absolute Gasteiger partial charge is 0.224 e. The minimum absolute atomic E-state index is 0.409. The quantitative estimate of drug-likeness (QED) is 0.0972. The molecule has 58 heavy (non-hydrogen) atoms. The van der Waals surface area contributed by atoms with E-state index in [1.54, 1.807) is 30.3 Å². The van der Waals surface area contributed by atoms with Gasteiger partial charge in [-0.15, -0.1) is 0 Å². The summed E-state index contributed by atoms with van der Waals surface area (Å²) in [5, 5.41) is 81.3. The van der Waals surface area contributed by atoms with Crippen molar-refractivity contribution < 1.29 is 64.5 Å². The fourth-order valence-corrected chi connectivity index (χ4v) is 7.43. The Bertz CT molecular complexity index is 1890. The zero-order valence-electron chi connectivity index (χ0n) is 32.4. The number of ether oxygens (including phenoxy) is 5. The Hall–Kier alpha value is -3.38. The highest BCUT2D eigenvalue weighted by molar-refractivity contribution is 6.31. The molecule has 0 amide bonds. The predicted molar refractivity (Wildman–Crippen MR) is 215 cm³/mol. The standard InChI is InChI=1S/C22H27ClO7.C21H25ClO6/c1-3-29-16-7-4-13(5-8-16)10-14-11-15(6-9-17(14)23)22(28-2)21(27)20(26)19(25)18(12-24)30-22;1-2-27-15-6-3-12(4-7-15)9-14-10-13(5-8-16(14)22)21-20(26)19(25)18(24)17(11-23)28-21/h4-9,11,18-21,24-27H,3,10,12H2,1-2H3;3-8,10,17-21,23-26H,2,9,11H2,1H3/t18-,19-,20+,21-,22?;17-,18-,19+,20-,21+/m11/s1. The molecule has 4 aromatic rings. The van der Waals surface area contributed by atoms with Gasteiger partial charge in [0.05, 0.1) is 26.4 Å². The maximum Gasteiger partial charge on any atom is 0.224 e. The van der Waals surface area contributed by atoms with Crippen LogP contribution in [0.25, 0.3) is 0 Å². The van der Waals surface area contributed by atoms with Gasteiger partial charge in [0.1, 0.15) is 66.4 Å². The van der Waals surface area contributed by atoms with Gasteiger partial charge in [-0.25, -0.2) is 0 Å². The van der Waals surface area contributed by atoms with Crippen molar-refractivity contribution in [2.45, 2.75) is 87.4 Å². The molecule has 0 aliphatic carbocycles. The minimum Gasteiger partial charge on any atom is -0.494 e. The summed E-state index contributed by atoms with van der Waals surface area (Å²) >= 11 is 12.8. The normalized spacial score (nSPS) is 28.3. The van der Waals surface area contributed by atoms with E-state index in [9.17, 15) is 40.9 Å². The van der Waals surface area contributed by atoms with Crippen molar-refractivity contribution in [1.82, 2.24) is 0 Å². The highest BCUT2D eigenvalue weighted by Gasteiger charge is 2.55. The van der Waals surface area contributed by atoms with Crippen molar-refractivity contribution in [3.05, 3.63) is 128 Å². The van der Waals surface area contributed by atoms with Gasteiger partial charge in [-0.3, -0.25) is 0 Å². The molecule has 1 unspecified atom stereocenters. The summed E-state index contributed by atoms with van der Waals surface area (Å²) in [6.07, 6.45) is -10.6. The van der Waals surface area contributed by atoms with Crippen molar-refractivity contribution in [2.75, 3.05) is 33.5 Å². The fourth-order valence-electron chi connectivity index (χ4n) is 7.06. The van der Waals surface area contributed by atoms with Crippen molar-refractivity contribution in [3.8, 4) is 11.5 Å². The largest absolute Gasteiger partial charge is 0.494 e. The summed E-state index contributed by atoms with van der Waals surface area (Å²) in [5.74, 6) is -0.197. The van der Waals surface area contributed by atoms with Crippen LogP contribution >= 0.6 is 23.2 Å². The number of hydrogen-bond donors (Lipinski definition) is 8. The summed E-state index contributed by atoms with van der Waals surface area (Å²) in [6.45, 7) is 4.02. The first-order valence-corrected chi connectivity index (χ1v) is 19.7. The van der Waals surface area contributed by atoms with Gasteiger partial charge >= 0.3 is 0 Å². The molecule has 0 aromatic heterocycles. The van der Waals surface area contributed by atoms with Crippen LogP contribution in [0, 0.1) is 0 Å². The van der Waals surface area contributed by atoms with Crippen molar-refractivity contribution in [2.24, 2.45) is 0 Å². The molecular formula is C43H52Cl2O13. The van der Waals surface area contributed by atoms with E-state index in [1.165, 1.54) is 7.11 Å². The molecule has 0 spiro atoms. The van der Waals surface area contributed by atoms with Gasteiger partial charge in [0.15, 0.2) is 0 Å². The molecule has 2 aliphatic rings. The first kappa shape index (κ1) is 45.7. The molecule has 2 saturated heterocycles. The maximum absolute atomic E-state index is 10.7. The van der Waals surface area contributed by atoms with E-state index >= 15 is 0 Å². The number of methoxy groups -OCH3 is 1. The van der Waals surface area contributed by atoms with Crippen LogP contribution in [-0.2, 0) is 32.8 Å². The summed E-state index contributed by atoms with van der Waals surface area (Å²) in [6, 6.07) is 25.6. The van der Waals surface area contributed by atoms with Crippen LogP contribution in [0.4, 0.5) is 0 Å². The highest BCUT2D eigenvalue weighted by Crippen LogP contribution is 2.41. The number of halogens is 2. The predicted octanol–water partition coefficient (Wildman–Crippen LogP) is 3.45. The van der Waals surface area contributed by atoms with Crippen LogP contribution in [0.1, 0.15) is 53.3 Å². The van der Waals surface area contributed by atoms with E-state index in [1.807, 2.05) is 68.4 Å². The molecule has 13 nitrogen and oxygen atoms in total. The summed E-state index contributed by atoms with van der Waals surface area (Å²) in [7, 11) is 1.32. The van der Waals surface area contributed by atoms with Crippen molar-refractivity contribution in [1.29, 1.82) is 0 Å². The first-order valence-electron chi connectivity index (χ1n) is 19.0. The lowest BCUT2D eigenvalue weighted by atomic mass is 9.87. The van der Waals surface area contributed by atoms with E-state index in [0.717, 1.165) is 33.8 Å². The molecule has 0 saturated carbocycles. The van der Waals surface area contributed by atoms with E-state index in [4.69, 9.17) is 46.9 Å². The van der Waals surface area contributed by atoms with Crippen LogP contribution in [0.2, 0.25) is 10.0 Å². The third-order valence-corrected chi connectivity index (χ3v) is 11.0. The number of aliphatic hydroxyl groups is 8. The molecule has 2 aliphatic heterocycles. The Balaban J connectivity index is 0.000000221. The molecule has 10 atom stereocenters. The highest BCUT2D eigenvalue weighted by atomic mass is 35.5. The Labute approximate surface area is 347 Å². The Morgan fingerprint density at radius 3 is 1.60 bits per heavy atom. The molecular weight excluding hydrogens is 795 g/mol. The lowest BCUT2D eigenvalue weighted by Gasteiger charge is -2.47. The summed E-state index contributed by atoms with van der Waals surface area (Å²) in [4.78, 5) is 0. The van der Waals surface area contributed by atoms with Gasteiger partial charge in [0.25, 0.3) is 0 Å². The number of aliphatic hydroxyl groups excluding tert-OH is 8. The molecule has 2 fully saturated rings. The SMILES string of the molecule is CCOc1ccc(Cc2cc(C3(OC)O[C@H](CO)[C@@H](O)[C@H](O)[C@H]3O)ccc2Cl)cc1.CCOc1ccc(Cc2cc([C@@H]3O[C@H](CO)[C@@H](O)[C@H](O)[C@H]3O)ccc2Cl)cc1. The maximum atomic E-state index is 10.7. The Kier molecular flexibility index (Phi) is 16.3. The molecule has 0 bridgehead atoms. The Morgan fingerprint density at radius 2 is 1.10 bits per heavy atom. The van der Waals surface area contributed by atoms with E-state index in [0.29, 0.717) is 47.2 Å². The molecule has 4 aromatic carbocycles. The van der Waals surface area contributed by atoms with E-state index in [-0.39, 0.29) is 0 Å². The van der Waals surface area contributed by atoms with Gasteiger partial charge < -0.3 is 64.5 Å². The van der Waals surface area contributed by atoms with Gasteiger partial charge in [-0.1, -0.05) is 65.7 Å². The monoisotopic (exact) mass is 846 g/mol. The second-order valence-corrected chi connectivity index (χ2v) is 14.9. The topological polar surface area (TPSA) is 208 Å². The van der Waals surface area contributed by atoms with Gasteiger partial charge in [-0.2, -0.15) is 0 Å². The van der Waals surface area contributed by atoms with E-state index in [2.05, 4.69) is 0 Å². The molecule has 6 rings (SSSR count). The molecule has 0 radical (unpaired) electrons. The second kappa shape index (κ2) is 20.7. The van der Waals surface area contributed by atoms with Crippen LogP contribution in [0.5, 0.6) is 11.5 Å². The lowest BCUT2D eigenvalue weighted by molar-refractivity contribution is -0.366. The summed E-state index contributed by atoms with van der Waals surface area (Å²) in [5.41, 5.74) is 4.65. The lowest BCUT2D eigenvalue weighted by Crippen LogP contribution is -2.64.